The number of amides is 1. The number of nitrogens with two attached hydrogens (primary N) is 1. The third kappa shape index (κ3) is 2.13. The zero-order valence-corrected chi connectivity index (χ0v) is 11.5. The summed E-state index contributed by atoms with van der Waals surface area (Å²) in [7, 11) is 0. The van der Waals surface area contributed by atoms with Crippen LogP contribution in [0.3, 0.4) is 0 Å². The van der Waals surface area contributed by atoms with Crippen molar-refractivity contribution in [3.8, 4) is 0 Å². The van der Waals surface area contributed by atoms with E-state index in [0.29, 0.717) is 5.69 Å². The van der Waals surface area contributed by atoms with Gasteiger partial charge in [0.2, 0.25) is 0 Å². The molecular formula is C14H17N3O3. The molecule has 2 N–H and O–H groups in total. The molecule has 20 heavy (non-hydrogen) atoms. The zero-order chi connectivity index (χ0) is 14.8. The van der Waals surface area contributed by atoms with E-state index >= 15 is 0 Å². The van der Waals surface area contributed by atoms with Crippen LogP contribution in [0.2, 0.25) is 0 Å². The summed E-state index contributed by atoms with van der Waals surface area (Å²) < 4.78 is 5.09. The number of nitrogens with zero attached hydrogens (tertiary/aromatic N) is 2. The molecule has 0 saturated carbocycles. The van der Waals surface area contributed by atoms with Gasteiger partial charge in [-0.05, 0) is 26.0 Å². The number of para-hydroxylation sites is 1. The van der Waals surface area contributed by atoms with Crippen LogP contribution in [0.5, 0.6) is 0 Å². The van der Waals surface area contributed by atoms with Gasteiger partial charge in [0.05, 0.1) is 6.61 Å². The van der Waals surface area contributed by atoms with Gasteiger partial charge >= 0.3 is 5.97 Å². The molecule has 1 heterocycles. The smallest absolute Gasteiger partial charge is 0.332 e. The van der Waals surface area contributed by atoms with E-state index < -0.39 is 11.5 Å². The molecule has 0 bridgehead atoms. The van der Waals surface area contributed by atoms with E-state index in [1.54, 1.807) is 38.1 Å². The topological polar surface area (TPSA) is 85.0 Å². The molecule has 1 atom stereocenters. The maximum atomic E-state index is 12.4. The van der Waals surface area contributed by atoms with Crippen LogP contribution in [0.15, 0.2) is 35.4 Å². The monoisotopic (exact) mass is 275 g/mol. The molecule has 1 aromatic carbocycles. The number of hydrazone groups is 1. The van der Waals surface area contributed by atoms with Crippen molar-refractivity contribution in [1.29, 1.82) is 0 Å². The Hall–Kier alpha value is -2.37. The van der Waals surface area contributed by atoms with E-state index in [1.807, 2.05) is 6.07 Å². The third-order valence-corrected chi connectivity index (χ3v) is 3.34. The van der Waals surface area contributed by atoms with Crippen molar-refractivity contribution < 1.29 is 14.3 Å². The molecule has 0 spiro atoms. The van der Waals surface area contributed by atoms with Crippen molar-refractivity contribution in [2.24, 2.45) is 10.9 Å². The molecule has 106 valence electrons. The molecule has 6 heteroatoms. The number of rotatable bonds is 3. The fourth-order valence-electron chi connectivity index (χ4n) is 2.36. The van der Waals surface area contributed by atoms with E-state index in [2.05, 4.69) is 5.10 Å². The number of carbonyl (C=O) groups is 2. The molecule has 0 aliphatic carbocycles. The van der Waals surface area contributed by atoms with E-state index in [0.717, 1.165) is 0 Å². The minimum atomic E-state index is -1.12. The van der Waals surface area contributed by atoms with Crippen LogP contribution in [0, 0.1) is 0 Å². The molecule has 1 unspecified atom stereocenters. The van der Waals surface area contributed by atoms with E-state index in [9.17, 15) is 9.59 Å². The summed E-state index contributed by atoms with van der Waals surface area (Å²) in [5.74, 6) is 4.42. The van der Waals surface area contributed by atoms with Crippen LogP contribution < -0.4 is 10.7 Å². The highest BCUT2D eigenvalue weighted by Crippen LogP contribution is 2.34. The van der Waals surface area contributed by atoms with Gasteiger partial charge < -0.3 is 10.6 Å². The summed E-state index contributed by atoms with van der Waals surface area (Å²) in [6.45, 7) is 3.64. The molecule has 1 fully saturated rings. The number of anilines is 1. The van der Waals surface area contributed by atoms with E-state index in [4.69, 9.17) is 10.6 Å². The lowest BCUT2D eigenvalue weighted by Crippen LogP contribution is -2.50. The highest BCUT2D eigenvalue weighted by Gasteiger charge is 2.53. The standard InChI is InChI=1S/C14H17N3O3/c1-3-20-13(19)14(2)9-11(16-15)12(18)17(14)10-7-5-4-6-8-10/h4-8H,3,9,15H2,1-2H3. The second kappa shape index (κ2) is 5.32. The number of benzene rings is 1. The Kier molecular flexibility index (Phi) is 3.74. The molecular weight excluding hydrogens is 258 g/mol. The Balaban J connectivity index is 2.49. The molecule has 1 aliphatic heterocycles. The lowest BCUT2D eigenvalue weighted by Gasteiger charge is -2.32. The Morgan fingerprint density at radius 1 is 1.45 bits per heavy atom. The molecule has 0 radical (unpaired) electrons. The van der Waals surface area contributed by atoms with Gasteiger partial charge in [-0.2, -0.15) is 5.10 Å². The maximum absolute atomic E-state index is 12.4. The Labute approximate surface area is 117 Å². The quantitative estimate of drug-likeness (QED) is 0.508. The van der Waals surface area contributed by atoms with Crippen molar-refractivity contribution in [2.45, 2.75) is 25.8 Å². The normalized spacial score (nSPS) is 24.2. The predicted molar refractivity (Wildman–Crippen MR) is 75.2 cm³/mol. The lowest BCUT2D eigenvalue weighted by molar-refractivity contribution is -0.149. The van der Waals surface area contributed by atoms with Crippen molar-refractivity contribution in [2.75, 3.05) is 11.5 Å². The predicted octanol–water partition coefficient (Wildman–Crippen LogP) is 1.06. The molecule has 6 nitrogen and oxygen atoms in total. The van der Waals surface area contributed by atoms with Crippen LogP contribution >= 0.6 is 0 Å². The minimum Gasteiger partial charge on any atom is -0.464 e. The van der Waals surface area contributed by atoms with Gasteiger partial charge in [0, 0.05) is 12.1 Å². The Bertz CT molecular complexity index is 556. The first kappa shape index (κ1) is 14.0. The Morgan fingerprint density at radius 3 is 2.65 bits per heavy atom. The van der Waals surface area contributed by atoms with Crippen LogP contribution in [0.25, 0.3) is 0 Å². The number of hydrogen-bond acceptors (Lipinski definition) is 5. The number of esters is 1. The SMILES string of the molecule is CCOC(=O)C1(C)CC(=NN)C(=O)N1c1ccccc1. The van der Waals surface area contributed by atoms with Gasteiger partial charge in [-0.25, -0.2) is 4.79 Å². The van der Waals surface area contributed by atoms with E-state index in [1.165, 1.54) is 4.90 Å². The molecule has 1 aromatic rings. The second-order valence-corrected chi connectivity index (χ2v) is 4.72. The van der Waals surface area contributed by atoms with E-state index in [-0.39, 0.29) is 24.6 Å². The summed E-state index contributed by atoms with van der Waals surface area (Å²) in [4.78, 5) is 26.0. The first-order chi connectivity index (χ1) is 9.54. The van der Waals surface area contributed by atoms with Gasteiger partial charge in [0.25, 0.3) is 5.91 Å². The average molecular weight is 275 g/mol. The summed E-state index contributed by atoms with van der Waals surface area (Å²) in [6.07, 6.45) is 0.135. The molecule has 1 saturated heterocycles. The first-order valence-corrected chi connectivity index (χ1v) is 6.38. The minimum absolute atomic E-state index is 0.135. The zero-order valence-electron chi connectivity index (χ0n) is 11.5. The highest BCUT2D eigenvalue weighted by atomic mass is 16.5. The molecule has 1 aliphatic rings. The number of carbonyl (C=O) groups excluding carboxylic acids is 2. The van der Waals surface area contributed by atoms with Crippen molar-refractivity contribution in [3.05, 3.63) is 30.3 Å². The molecule has 1 amide bonds. The second-order valence-electron chi connectivity index (χ2n) is 4.72. The maximum Gasteiger partial charge on any atom is 0.332 e. The third-order valence-electron chi connectivity index (χ3n) is 3.34. The van der Waals surface area contributed by atoms with Gasteiger partial charge in [-0.15, -0.1) is 0 Å². The fourth-order valence-corrected chi connectivity index (χ4v) is 2.36. The fraction of sp³-hybridized carbons (Fsp3) is 0.357. The average Bonchev–Trinajstić information content (AvgIpc) is 2.72. The van der Waals surface area contributed by atoms with Crippen LogP contribution in [-0.4, -0.2) is 29.7 Å². The molecule has 0 aromatic heterocycles. The van der Waals surface area contributed by atoms with Crippen molar-refractivity contribution >= 4 is 23.3 Å². The summed E-state index contributed by atoms with van der Waals surface area (Å²) in [6, 6.07) is 8.95. The largest absolute Gasteiger partial charge is 0.464 e. The highest BCUT2D eigenvalue weighted by molar-refractivity contribution is 6.48. The van der Waals surface area contributed by atoms with Gasteiger partial charge in [-0.1, -0.05) is 18.2 Å². The lowest BCUT2D eigenvalue weighted by atomic mass is 9.98. The number of hydrogen-bond donors (Lipinski definition) is 1. The van der Waals surface area contributed by atoms with Crippen LogP contribution in [0.1, 0.15) is 20.3 Å². The summed E-state index contributed by atoms with van der Waals surface area (Å²) >= 11 is 0. The van der Waals surface area contributed by atoms with Crippen LogP contribution in [0.4, 0.5) is 5.69 Å². The first-order valence-electron chi connectivity index (χ1n) is 6.38. The van der Waals surface area contributed by atoms with Gasteiger partial charge in [0.1, 0.15) is 11.3 Å². The van der Waals surface area contributed by atoms with Crippen molar-refractivity contribution in [3.63, 3.8) is 0 Å². The van der Waals surface area contributed by atoms with Crippen molar-refractivity contribution in [1.82, 2.24) is 0 Å². The summed E-state index contributed by atoms with van der Waals surface area (Å²) in [5, 5.41) is 3.50. The van der Waals surface area contributed by atoms with Gasteiger partial charge in [-0.3, -0.25) is 9.69 Å². The Morgan fingerprint density at radius 2 is 2.10 bits per heavy atom. The van der Waals surface area contributed by atoms with Gasteiger partial charge in [0.15, 0.2) is 0 Å². The molecule has 2 rings (SSSR count). The number of ether oxygens (including phenoxy) is 1. The summed E-state index contributed by atoms with van der Waals surface area (Å²) in [5.41, 5.74) is -0.330. The van der Waals surface area contributed by atoms with Crippen LogP contribution in [-0.2, 0) is 14.3 Å².